The number of carbonyl (C=O) groups excluding carboxylic acids is 1. The van der Waals surface area contributed by atoms with Crippen molar-refractivity contribution in [1.82, 2.24) is 4.90 Å². The van der Waals surface area contributed by atoms with Crippen LogP contribution in [0, 0.1) is 17.1 Å². The lowest BCUT2D eigenvalue weighted by Gasteiger charge is -2.22. The highest BCUT2D eigenvalue weighted by Gasteiger charge is 2.21. The van der Waals surface area contributed by atoms with Crippen LogP contribution in [0.2, 0.25) is 0 Å². The number of hydrogen-bond acceptors (Lipinski definition) is 3. The maximum absolute atomic E-state index is 13.1. The Morgan fingerprint density at radius 3 is 2.68 bits per heavy atom. The molecule has 19 heavy (non-hydrogen) atoms. The number of nitriles is 1. The van der Waals surface area contributed by atoms with Gasteiger partial charge in [-0.1, -0.05) is 12.1 Å². The van der Waals surface area contributed by atoms with Crippen LogP contribution in [0.15, 0.2) is 24.3 Å². The van der Waals surface area contributed by atoms with Gasteiger partial charge in [0.15, 0.2) is 0 Å². The molecule has 6 heteroatoms. The Kier molecular flexibility index (Phi) is 5.01. The van der Waals surface area contributed by atoms with Gasteiger partial charge >= 0.3 is 5.97 Å². The van der Waals surface area contributed by atoms with Crippen molar-refractivity contribution in [2.24, 2.45) is 0 Å². The van der Waals surface area contributed by atoms with Gasteiger partial charge in [0.1, 0.15) is 11.9 Å². The van der Waals surface area contributed by atoms with E-state index in [-0.39, 0.29) is 12.8 Å². The molecular weight excluding hydrogens is 251 g/mol. The van der Waals surface area contributed by atoms with Gasteiger partial charge in [0.25, 0.3) is 0 Å². The predicted molar refractivity (Wildman–Crippen MR) is 64.4 cm³/mol. The molecule has 0 aromatic heterocycles. The summed E-state index contributed by atoms with van der Waals surface area (Å²) in [5.74, 6) is -2.05. The van der Waals surface area contributed by atoms with Crippen molar-refractivity contribution >= 4 is 11.9 Å². The summed E-state index contributed by atoms with van der Waals surface area (Å²) in [5.41, 5.74) is 0.355. The molecule has 1 unspecified atom stereocenters. The van der Waals surface area contributed by atoms with Crippen molar-refractivity contribution in [2.45, 2.75) is 18.9 Å². The van der Waals surface area contributed by atoms with E-state index in [9.17, 15) is 14.0 Å². The third kappa shape index (κ3) is 4.07. The first-order chi connectivity index (χ1) is 8.95. The minimum Gasteiger partial charge on any atom is -0.481 e. The fourth-order valence-corrected chi connectivity index (χ4v) is 1.60. The van der Waals surface area contributed by atoms with E-state index < -0.39 is 23.7 Å². The minimum absolute atomic E-state index is 0.195. The molecule has 1 aromatic carbocycles. The van der Waals surface area contributed by atoms with Crippen molar-refractivity contribution in [2.75, 3.05) is 7.05 Å². The number of hydrogen-bond donors (Lipinski definition) is 1. The van der Waals surface area contributed by atoms with Crippen LogP contribution in [-0.2, 0) is 9.59 Å². The summed E-state index contributed by atoms with van der Waals surface area (Å²) in [6.45, 7) is 0. The third-order valence-electron chi connectivity index (χ3n) is 2.62. The SMILES string of the molecule is CN(C(=O)CCC(=O)O)C(C#N)c1cccc(F)c1. The van der Waals surface area contributed by atoms with E-state index in [1.165, 1.54) is 31.3 Å². The van der Waals surface area contributed by atoms with Crippen LogP contribution in [0.25, 0.3) is 0 Å². The number of carboxylic acids is 1. The molecule has 0 bridgehead atoms. The Hall–Kier alpha value is -2.42. The molecule has 1 amide bonds. The second-order valence-corrected chi connectivity index (χ2v) is 3.99. The van der Waals surface area contributed by atoms with Crippen LogP contribution in [0.4, 0.5) is 4.39 Å². The molecule has 0 aliphatic rings. The molecule has 1 rings (SSSR count). The average Bonchev–Trinajstić information content (AvgIpc) is 2.36. The summed E-state index contributed by atoms with van der Waals surface area (Å²) in [6.07, 6.45) is -0.496. The summed E-state index contributed by atoms with van der Waals surface area (Å²) in [4.78, 5) is 23.2. The fraction of sp³-hybridized carbons (Fsp3) is 0.308. The van der Waals surface area contributed by atoms with Gasteiger partial charge in [-0.25, -0.2) is 4.39 Å². The van der Waals surface area contributed by atoms with E-state index in [1.54, 1.807) is 0 Å². The number of aliphatic carboxylic acids is 1. The Labute approximate surface area is 109 Å². The molecule has 1 aromatic rings. The van der Waals surface area contributed by atoms with E-state index >= 15 is 0 Å². The maximum atomic E-state index is 13.1. The first-order valence-corrected chi connectivity index (χ1v) is 5.58. The van der Waals surface area contributed by atoms with Gasteiger partial charge in [0.05, 0.1) is 12.5 Å². The highest BCUT2D eigenvalue weighted by Crippen LogP contribution is 2.20. The van der Waals surface area contributed by atoms with Crippen LogP contribution in [0.3, 0.4) is 0 Å². The topological polar surface area (TPSA) is 81.4 Å². The molecule has 0 saturated heterocycles. The molecule has 0 aliphatic carbocycles. The molecule has 0 aliphatic heterocycles. The lowest BCUT2D eigenvalue weighted by atomic mass is 10.1. The van der Waals surface area contributed by atoms with Gasteiger partial charge in [0.2, 0.25) is 5.91 Å². The zero-order chi connectivity index (χ0) is 14.4. The van der Waals surface area contributed by atoms with Crippen molar-refractivity contribution in [3.05, 3.63) is 35.6 Å². The van der Waals surface area contributed by atoms with Crippen molar-refractivity contribution in [1.29, 1.82) is 5.26 Å². The van der Waals surface area contributed by atoms with Crippen molar-refractivity contribution in [3.63, 3.8) is 0 Å². The quantitative estimate of drug-likeness (QED) is 0.877. The lowest BCUT2D eigenvalue weighted by molar-refractivity contribution is -0.140. The van der Waals surface area contributed by atoms with E-state index in [0.29, 0.717) is 5.56 Å². The van der Waals surface area contributed by atoms with Crippen LogP contribution in [0.5, 0.6) is 0 Å². The van der Waals surface area contributed by atoms with Crippen LogP contribution >= 0.6 is 0 Å². The number of carbonyl (C=O) groups is 2. The first kappa shape index (κ1) is 14.6. The van der Waals surface area contributed by atoms with Gasteiger partial charge in [-0.15, -0.1) is 0 Å². The first-order valence-electron chi connectivity index (χ1n) is 5.58. The van der Waals surface area contributed by atoms with Crippen molar-refractivity contribution in [3.8, 4) is 6.07 Å². The highest BCUT2D eigenvalue weighted by molar-refractivity contribution is 5.81. The Morgan fingerprint density at radius 2 is 2.16 bits per heavy atom. The summed E-state index contributed by atoms with van der Waals surface area (Å²) in [5, 5.41) is 17.6. The van der Waals surface area contributed by atoms with Gasteiger partial charge in [-0.05, 0) is 17.7 Å². The molecule has 0 saturated carbocycles. The van der Waals surface area contributed by atoms with E-state index in [0.717, 1.165) is 4.90 Å². The minimum atomic E-state index is -1.08. The Morgan fingerprint density at radius 1 is 1.47 bits per heavy atom. The number of carboxylic acid groups (broad SMARTS) is 1. The summed E-state index contributed by atoms with van der Waals surface area (Å²) >= 11 is 0. The molecule has 0 spiro atoms. The van der Waals surface area contributed by atoms with Crippen molar-refractivity contribution < 1.29 is 19.1 Å². The number of rotatable bonds is 5. The summed E-state index contributed by atoms with van der Waals surface area (Å²) in [6, 6.07) is 6.38. The zero-order valence-corrected chi connectivity index (χ0v) is 10.3. The average molecular weight is 264 g/mol. The van der Waals surface area contributed by atoms with Crippen LogP contribution < -0.4 is 0 Å². The lowest BCUT2D eigenvalue weighted by Crippen LogP contribution is -2.30. The Balaban J connectivity index is 2.83. The molecular formula is C13H13FN2O3. The van der Waals surface area contributed by atoms with Gasteiger partial charge in [0, 0.05) is 13.5 Å². The molecule has 1 atom stereocenters. The highest BCUT2D eigenvalue weighted by atomic mass is 19.1. The third-order valence-corrected chi connectivity index (χ3v) is 2.62. The van der Waals surface area contributed by atoms with Gasteiger partial charge < -0.3 is 10.0 Å². The second-order valence-electron chi connectivity index (χ2n) is 3.99. The molecule has 0 radical (unpaired) electrons. The molecule has 5 nitrogen and oxygen atoms in total. The van der Waals surface area contributed by atoms with Crippen LogP contribution in [-0.4, -0.2) is 28.9 Å². The second kappa shape index (κ2) is 6.50. The standard InChI is InChI=1S/C13H13FN2O3/c1-16(12(17)5-6-13(18)19)11(8-15)9-3-2-4-10(14)7-9/h2-4,7,11H,5-6H2,1H3,(H,18,19). The summed E-state index contributed by atoms with van der Waals surface area (Å²) < 4.78 is 13.1. The van der Waals surface area contributed by atoms with E-state index in [4.69, 9.17) is 10.4 Å². The maximum Gasteiger partial charge on any atom is 0.303 e. The smallest absolute Gasteiger partial charge is 0.303 e. The molecule has 1 N–H and O–H groups in total. The predicted octanol–water partition coefficient (Wildman–Crippen LogP) is 1.71. The number of halogens is 1. The van der Waals surface area contributed by atoms with Gasteiger partial charge in [-0.2, -0.15) is 5.26 Å². The van der Waals surface area contributed by atoms with Crippen LogP contribution in [0.1, 0.15) is 24.4 Å². The zero-order valence-electron chi connectivity index (χ0n) is 10.3. The number of amides is 1. The molecule has 100 valence electrons. The number of benzene rings is 1. The van der Waals surface area contributed by atoms with E-state index in [2.05, 4.69) is 0 Å². The van der Waals surface area contributed by atoms with E-state index in [1.807, 2.05) is 6.07 Å². The monoisotopic (exact) mass is 264 g/mol. The van der Waals surface area contributed by atoms with Gasteiger partial charge in [-0.3, -0.25) is 9.59 Å². The number of nitrogens with zero attached hydrogens (tertiary/aromatic N) is 2. The normalized spacial score (nSPS) is 11.4. The molecule has 0 fully saturated rings. The molecule has 0 heterocycles. The largest absolute Gasteiger partial charge is 0.481 e. The summed E-state index contributed by atoms with van der Waals surface area (Å²) in [7, 11) is 1.39. The fourth-order valence-electron chi connectivity index (χ4n) is 1.60. The Bertz CT molecular complexity index is 525.